The van der Waals surface area contributed by atoms with Crippen LogP contribution in [-0.2, 0) is 14.3 Å². The number of rotatable bonds is 6. The molecular weight excluding hydrogens is 368 g/mol. The summed E-state index contributed by atoms with van der Waals surface area (Å²) < 4.78 is 4.96. The number of hydrogen-bond donors (Lipinski definition) is 2. The number of anilines is 2. The zero-order valence-corrected chi connectivity index (χ0v) is 16.1. The van der Waals surface area contributed by atoms with E-state index in [1.807, 2.05) is 19.9 Å². The molecule has 0 heterocycles. The summed E-state index contributed by atoms with van der Waals surface area (Å²) in [6.45, 7) is 5.64. The fraction of sp³-hybridized carbons (Fsp3) is 0.250. The molecule has 0 radical (unpaired) electrons. The number of para-hydroxylation sites is 1. The van der Waals surface area contributed by atoms with Crippen molar-refractivity contribution in [2.75, 3.05) is 17.2 Å². The third kappa shape index (κ3) is 5.56. The van der Waals surface area contributed by atoms with E-state index in [2.05, 4.69) is 10.6 Å². The van der Waals surface area contributed by atoms with Crippen molar-refractivity contribution < 1.29 is 19.1 Å². The zero-order valence-electron chi connectivity index (χ0n) is 15.4. The Labute approximate surface area is 162 Å². The lowest BCUT2D eigenvalue weighted by atomic mass is 10.1. The molecule has 0 atom stereocenters. The van der Waals surface area contributed by atoms with E-state index < -0.39 is 24.2 Å². The lowest BCUT2D eigenvalue weighted by Crippen LogP contribution is -2.23. The van der Waals surface area contributed by atoms with Crippen molar-refractivity contribution >= 4 is 40.8 Å². The molecule has 6 nitrogen and oxygen atoms in total. The molecule has 2 amide bonds. The van der Waals surface area contributed by atoms with Crippen LogP contribution in [0.5, 0.6) is 0 Å². The minimum atomic E-state index is -0.551. The molecule has 0 aliphatic heterocycles. The molecule has 142 valence electrons. The Morgan fingerprint density at radius 3 is 2.37 bits per heavy atom. The molecule has 0 saturated heterocycles. The number of nitrogens with one attached hydrogen (secondary N) is 2. The molecule has 0 unspecified atom stereocenters. The van der Waals surface area contributed by atoms with Crippen LogP contribution in [0, 0.1) is 13.8 Å². The smallest absolute Gasteiger partial charge is 0.340 e. The molecule has 0 saturated carbocycles. The quantitative estimate of drug-likeness (QED) is 0.576. The highest BCUT2D eigenvalue weighted by Gasteiger charge is 2.17. The molecule has 0 aromatic heterocycles. The van der Waals surface area contributed by atoms with Gasteiger partial charge in [0.05, 0.1) is 28.6 Å². The van der Waals surface area contributed by atoms with E-state index in [4.69, 9.17) is 16.3 Å². The van der Waals surface area contributed by atoms with Crippen molar-refractivity contribution in [2.45, 2.75) is 27.2 Å². The summed E-state index contributed by atoms with van der Waals surface area (Å²) in [6, 6.07) is 10.1. The first-order valence-electron chi connectivity index (χ1n) is 8.44. The van der Waals surface area contributed by atoms with E-state index in [0.717, 1.165) is 11.1 Å². The van der Waals surface area contributed by atoms with Gasteiger partial charge in [-0.3, -0.25) is 9.59 Å². The number of halogens is 1. The lowest BCUT2D eigenvalue weighted by molar-refractivity contribution is -0.123. The first kappa shape index (κ1) is 20.5. The summed E-state index contributed by atoms with van der Waals surface area (Å²) in [5.41, 5.74) is 2.78. The van der Waals surface area contributed by atoms with E-state index in [1.54, 1.807) is 37.3 Å². The highest BCUT2D eigenvalue weighted by molar-refractivity contribution is 6.34. The van der Waals surface area contributed by atoms with Gasteiger partial charge in [0.15, 0.2) is 0 Å². The minimum Gasteiger partial charge on any atom is -0.462 e. The summed E-state index contributed by atoms with van der Waals surface area (Å²) in [6.07, 6.45) is -0.416. The Bertz CT molecular complexity index is 857. The normalized spacial score (nSPS) is 10.2. The van der Waals surface area contributed by atoms with Crippen LogP contribution in [0.1, 0.15) is 34.8 Å². The van der Waals surface area contributed by atoms with Gasteiger partial charge in [-0.15, -0.1) is 0 Å². The van der Waals surface area contributed by atoms with Gasteiger partial charge in [-0.2, -0.15) is 0 Å². The summed E-state index contributed by atoms with van der Waals surface area (Å²) in [5.74, 6) is -1.60. The van der Waals surface area contributed by atoms with E-state index in [1.165, 1.54) is 0 Å². The van der Waals surface area contributed by atoms with Gasteiger partial charge in [0.1, 0.15) is 6.42 Å². The molecular formula is C20H21ClN2O4. The maximum Gasteiger partial charge on any atom is 0.340 e. The van der Waals surface area contributed by atoms with Crippen LogP contribution >= 0.6 is 11.6 Å². The minimum absolute atomic E-state index is 0.222. The summed E-state index contributed by atoms with van der Waals surface area (Å²) in [5, 5.41) is 5.64. The van der Waals surface area contributed by atoms with Crippen LogP contribution in [0.15, 0.2) is 36.4 Å². The third-order valence-corrected chi connectivity index (χ3v) is 4.01. The number of carbonyl (C=O) groups is 3. The van der Waals surface area contributed by atoms with Gasteiger partial charge in [0, 0.05) is 0 Å². The number of esters is 1. The summed E-state index contributed by atoms with van der Waals surface area (Å²) >= 11 is 6.16. The second-order valence-corrected chi connectivity index (χ2v) is 6.39. The third-order valence-electron chi connectivity index (χ3n) is 3.71. The Hall–Kier alpha value is -2.86. The summed E-state index contributed by atoms with van der Waals surface area (Å²) in [7, 11) is 0. The van der Waals surface area contributed by atoms with Gasteiger partial charge in [0.2, 0.25) is 11.8 Å². The van der Waals surface area contributed by atoms with E-state index in [0.29, 0.717) is 16.4 Å². The largest absolute Gasteiger partial charge is 0.462 e. The number of hydrogen-bond acceptors (Lipinski definition) is 4. The highest BCUT2D eigenvalue weighted by Crippen LogP contribution is 2.27. The first-order chi connectivity index (χ1) is 12.8. The van der Waals surface area contributed by atoms with Crippen LogP contribution in [0.3, 0.4) is 0 Å². The monoisotopic (exact) mass is 388 g/mol. The molecule has 0 aliphatic carbocycles. The number of aryl methyl sites for hydroxylation is 2. The van der Waals surface area contributed by atoms with Crippen molar-refractivity contribution in [3.63, 3.8) is 0 Å². The summed E-state index contributed by atoms with van der Waals surface area (Å²) in [4.78, 5) is 36.4. The van der Waals surface area contributed by atoms with Crippen LogP contribution in [0.2, 0.25) is 5.02 Å². The maximum absolute atomic E-state index is 12.2. The van der Waals surface area contributed by atoms with E-state index in [-0.39, 0.29) is 12.2 Å². The average molecular weight is 389 g/mol. The Morgan fingerprint density at radius 2 is 1.70 bits per heavy atom. The highest BCUT2D eigenvalue weighted by atomic mass is 35.5. The molecule has 0 fully saturated rings. The van der Waals surface area contributed by atoms with Crippen LogP contribution in [0.4, 0.5) is 11.4 Å². The van der Waals surface area contributed by atoms with Crippen molar-refractivity contribution in [2.24, 2.45) is 0 Å². The van der Waals surface area contributed by atoms with Crippen LogP contribution in [-0.4, -0.2) is 24.4 Å². The number of amides is 2. The SMILES string of the molecule is CCOC(=O)c1ccccc1NC(=O)CC(=O)Nc1c(C)cc(C)cc1Cl. The molecule has 27 heavy (non-hydrogen) atoms. The molecule has 2 aromatic carbocycles. The van der Waals surface area contributed by atoms with Gasteiger partial charge in [-0.1, -0.05) is 29.8 Å². The standard InChI is InChI=1S/C20H21ClN2O4/c1-4-27-20(26)14-7-5-6-8-16(14)22-17(24)11-18(25)23-19-13(3)9-12(2)10-15(19)21/h5-10H,4,11H2,1-3H3,(H,22,24)(H,23,25). The number of ether oxygens (including phenoxy) is 1. The lowest BCUT2D eigenvalue weighted by Gasteiger charge is -2.12. The molecule has 2 N–H and O–H groups in total. The Morgan fingerprint density at radius 1 is 1.04 bits per heavy atom. The zero-order chi connectivity index (χ0) is 20.0. The van der Waals surface area contributed by atoms with Gasteiger partial charge in [0.25, 0.3) is 0 Å². The predicted molar refractivity (Wildman–Crippen MR) is 105 cm³/mol. The van der Waals surface area contributed by atoms with E-state index >= 15 is 0 Å². The molecule has 2 aromatic rings. The van der Waals surface area contributed by atoms with Gasteiger partial charge >= 0.3 is 5.97 Å². The molecule has 0 spiro atoms. The molecule has 7 heteroatoms. The van der Waals surface area contributed by atoms with Crippen LogP contribution < -0.4 is 10.6 Å². The van der Waals surface area contributed by atoms with Crippen molar-refractivity contribution in [1.82, 2.24) is 0 Å². The van der Waals surface area contributed by atoms with Gasteiger partial charge in [-0.05, 0) is 50.1 Å². The fourth-order valence-electron chi connectivity index (χ4n) is 2.58. The maximum atomic E-state index is 12.2. The van der Waals surface area contributed by atoms with Gasteiger partial charge < -0.3 is 15.4 Å². The van der Waals surface area contributed by atoms with Crippen molar-refractivity contribution in [3.8, 4) is 0 Å². The average Bonchev–Trinajstić information content (AvgIpc) is 2.58. The number of carbonyl (C=O) groups excluding carboxylic acids is 3. The molecule has 0 aliphatic rings. The van der Waals surface area contributed by atoms with E-state index in [9.17, 15) is 14.4 Å². The van der Waals surface area contributed by atoms with Gasteiger partial charge in [-0.25, -0.2) is 4.79 Å². The van der Waals surface area contributed by atoms with Crippen molar-refractivity contribution in [3.05, 3.63) is 58.1 Å². The second-order valence-electron chi connectivity index (χ2n) is 5.98. The molecule has 0 bridgehead atoms. The molecule has 2 rings (SSSR count). The second kappa shape index (κ2) is 9.19. The van der Waals surface area contributed by atoms with Crippen molar-refractivity contribution in [1.29, 1.82) is 0 Å². The van der Waals surface area contributed by atoms with Crippen LogP contribution in [0.25, 0.3) is 0 Å². The number of benzene rings is 2. The Balaban J connectivity index is 2.04. The first-order valence-corrected chi connectivity index (χ1v) is 8.82. The topological polar surface area (TPSA) is 84.5 Å². The Kier molecular flexibility index (Phi) is 6.96. The predicted octanol–water partition coefficient (Wildman–Crippen LogP) is 4.10. The fourth-order valence-corrected chi connectivity index (χ4v) is 2.95.